The Bertz CT molecular complexity index is 1850. The zero-order chi connectivity index (χ0) is 38.2. The number of thiazole rings is 1. The minimum atomic E-state index is -1.45. The van der Waals surface area contributed by atoms with Crippen LogP contribution in [0.5, 0.6) is 11.5 Å². The topological polar surface area (TPSA) is 139 Å². The lowest BCUT2D eigenvalue weighted by Crippen LogP contribution is -2.38. The van der Waals surface area contributed by atoms with E-state index in [1.165, 1.54) is 30.9 Å². The Morgan fingerprint density at radius 2 is 1.31 bits per heavy atom. The number of halogens is 2. The first-order valence-electron chi connectivity index (χ1n) is 16.6. The van der Waals surface area contributed by atoms with Gasteiger partial charge in [-0.3, -0.25) is 0 Å². The highest BCUT2D eigenvalue weighted by atomic mass is 32.1. The Balaban J connectivity index is 1.40. The van der Waals surface area contributed by atoms with E-state index in [4.69, 9.17) is 33.3 Å². The summed E-state index contributed by atoms with van der Waals surface area (Å²) < 4.78 is 62.0. The van der Waals surface area contributed by atoms with Gasteiger partial charge in [-0.1, -0.05) is 96.2 Å². The maximum atomic E-state index is 15.7. The molecular formula is C39H39F2N3O9S. The second-order valence-corrected chi connectivity index (χ2v) is 12.2. The number of benzene rings is 4. The number of rotatable bonds is 22. The van der Waals surface area contributed by atoms with E-state index in [-0.39, 0.29) is 37.7 Å². The predicted molar refractivity (Wildman–Crippen MR) is 197 cm³/mol. The van der Waals surface area contributed by atoms with E-state index in [1.807, 2.05) is 91.0 Å². The Morgan fingerprint density at radius 1 is 0.796 bits per heavy atom. The molecule has 284 valence electrons. The van der Waals surface area contributed by atoms with E-state index in [0.29, 0.717) is 5.13 Å². The Hall–Kier alpha value is -5.45. The summed E-state index contributed by atoms with van der Waals surface area (Å²) in [6, 6.07) is 30.3. The molecular weight excluding hydrogens is 725 g/mol. The van der Waals surface area contributed by atoms with Crippen LogP contribution in [0.4, 0.5) is 13.9 Å². The number of oxime groups is 1. The number of aromatic nitrogens is 1. The van der Waals surface area contributed by atoms with Gasteiger partial charge in [-0.2, -0.15) is 0 Å². The van der Waals surface area contributed by atoms with Gasteiger partial charge in [0, 0.05) is 25.2 Å². The molecule has 54 heavy (non-hydrogen) atoms. The molecule has 0 atom stereocenters. The lowest BCUT2D eigenvalue weighted by atomic mass is 9.77. The number of nitrogens with one attached hydrogen (secondary N) is 1. The summed E-state index contributed by atoms with van der Waals surface area (Å²) >= 11 is 1.17. The number of hydrogen-bond acceptors (Lipinski definition) is 12. The first-order chi connectivity index (χ1) is 26.4. The third-order valence-electron chi connectivity index (χ3n) is 7.88. The third-order valence-corrected chi connectivity index (χ3v) is 8.64. The Kier molecular flexibility index (Phi) is 14.8. The van der Waals surface area contributed by atoms with Crippen LogP contribution in [0.15, 0.2) is 108 Å². The fraction of sp³-hybridized carbons (Fsp3) is 0.256. The molecule has 5 aromatic rings. The minimum Gasteiger partial charge on any atom is -0.476 e. The van der Waals surface area contributed by atoms with Gasteiger partial charge >= 0.3 is 5.97 Å². The van der Waals surface area contributed by atoms with Crippen molar-refractivity contribution in [1.82, 2.24) is 4.98 Å². The van der Waals surface area contributed by atoms with Gasteiger partial charge in [0.15, 0.2) is 30.4 Å². The highest BCUT2D eigenvalue weighted by Gasteiger charge is 2.37. The van der Waals surface area contributed by atoms with Crippen molar-refractivity contribution in [2.45, 2.75) is 12.1 Å². The average Bonchev–Trinajstić information content (AvgIpc) is 3.66. The van der Waals surface area contributed by atoms with Crippen LogP contribution < -0.4 is 14.8 Å². The van der Waals surface area contributed by atoms with E-state index in [0.717, 1.165) is 22.8 Å². The fourth-order valence-electron chi connectivity index (χ4n) is 5.35. The summed E-state index contributed by atoms with van der Waals surface area (Å²) in [6.07, 6.45) is 0. The molecule has 1 heterocycles. The molecule has 5 rings (SSSR count). The van der Waals surface area contributed by atoms with Gasteiger partial charge in [-0.25, -0.2) is 18.6 Å². The van der Waals surface area contributed by atoms with Gasteiger partial charge in [0.05, 0.1) is 26.4 Å². The number of aliphatic carboxylic acids is 1. The van der Waals surface area contributed by atoms with E-state index in [9.17, 15) is 9.90 Å². The normalized spacial score (nSPS) is 11.7. The SMILES string of the molecule is COCCOCOc1c(F)cc(CON=C(C(=O)O)c2csc(NC(c3ccccc3)(c3ccccc3)c3ccccc3)n2)c(F)c1OCOCCOC. The molecule has 0 saturated carbocycles. The van der Waals surface area contributed by atoms with Gasteiger partial charge in [0.2, 0.25) is 17.2 Å². The summed E-state index contributed by atoms with van der Waals surface area (Å²) in [5, 5.41) is 19.4. The molecule has 12 nitrogen and oxygen atoms in total. The molecule has 0 saturated heterocycles. The van der Waals surface area contributed by atoms with Crippen molar-refractivity contribution in [2.75, 3.05) is 59.5 Å². The quantitative estimate of drug-likeness (QED) is 0.0252. The van der Waals surface area contributed by atoms with E-state index in [1.54, 1.807) is 0 Å². The molecule has 0 bridgehead atoms. The molecule has 0 aliphatic rings. The molecule has 0 aliphatic heterocycles. The highest BCUT2D eigenvalue weighted by Crippen LogP contribution is 2.41. The summed E-state index contributed by atoms with van der Waals surface area (Å²) in [5.74, 6) is -4.64. The standard InChI is InChI=1S/C39H39F2N3O9S/c1-47-18-20-49-25-51-35-31(40)22-27(33(41)36(35)52-26-50-21-19-48-2)23-53-44-34(37(45)46)32-24-54-38(42-32)43-39(28-12-6-3-7-13-28,29-14-8-4-9-15-29)30-16-10-5-11-17-30/h3-17,22,24H,18-21,23,25-26H2,1-2H3,(H,42,43)(H,45,46). The molecule has 1 aromatic heterocycles. The molecule has 0 fully saturated rings. The summed E-state index contributed by atoms with van der Waals surface area (Å²) in [4.78, 5) is 22.3. The number of carboxylic acid groups (broad SMARTS) is 1. The number of carbonyl (C=O) groups is 1. The van der Waals surface area contributed by atoms with Crippen molar-refractivity contribution >= 4 is 28.1 Å². The lowest BCUT2D eigenvalue weighted by molar-refractivity contribution is -0.129. The first-order valence-corrected chi connectivity index (χ1v) is 17.5. The number of anilines is 1. The lowest BCUT2D eigenvalue weighted by Gasteiger charge is -2.36. The van der Waals surface area contributed by atoms with E-state index >= 15 is 8.78 Å². The van der Waals surface area contributed by atoms with Gasteiger partial charge in [0.1, 0.15) is 17.8 Å². The largest absolute Gasteiger partial charge is 0.476 e. The monoisotopic (exact) mass is 763 g/mol. The number of carboxylic acids is 1. The van der Waals surface area contributed by atoms with E-state index < -0.39 is 60.5 Å². The van der Waals surface area contributed by atoms with Crippen LogP contribution in [-0.4, -0.2) is 76.0 Å². The van der Waals surface area contributed by atoms with Crippen molar-refractivity contribution in [3.05, 3.63) is 142 Å². The molecule has 0 aliphatic carbocycles. The number of hydrogen-bond donors (Lipinski definition) is 2. The molecule has 0 radical (unpaired) electrons. The Morgan fingerprint density at radius 3 is 1.81 bits per heavy atom. The molecule has 0 unspecified atom stereocenters. The smallest absolute Gasteiger partial charge is 0.360 e. The first kappa shape index (κ1) is 39.8. The predicted octanol–water partition coefficient (Wildman–Crippen LogP) is 6.83. The van der Waals surface area contributed by atoms with Crippen molar-refractivity contribution in [3.63, 3.8) is 0 Å². The Labute approximate surface area is 314 Å². The number of methoxy groups -OCH3 is 2. The van der Waals surface area contributed by atoms with Gasteiger partial charge in [-0.05, 0) is 22.8 Å². The zero-order valence-electron chi connectivity index (χ0n) is 29.5. The maximum absolute atomic E-state index is 15.7. The summed E-state index contributed by atoms with van der Waals surface area (Å²) in [5.41, 5.74) is 0.939. The van der Waals surface area contributed by atoms with Crippen molar-refractivity contribution in [1.29, 1.82) is 0 Å². The number of nitrogens with zero attached hydrogens (tertiary/aromatic N) is 2. The zero-order valence-corrected chi connectivity index (χ0v) is 30.4. The highest BCUT2D eigenvalue weighted by molar-refractivity contribution is 7.14. The van der Waals surface area contributed by atoms with Crippen LogP contribution in [0.25, 0.3) is 0 Å². The van der Waals surface area contributed by atoms with Gasteiger partial charge in [-0.15, -0.1) is 11.3 Å². The fourth-order valence-corrected chi connectivity index (χ4v) is 6.10. The molecule has 0 spiro atoms. The molecule has 2 N–H and O–H groups in total. The van der Waals surface area contributed by atoms with Crippen LogP contribution >= 0.6 is 11.3 Å². The van der Waals surface area contributed by atoms with Gasteiger partial charge in [0.25, 0.3) is 0 Å². The van der Waals surface area contributed by atoms with Crippen LogP contribution in [0.2, 0.25) is 0 Å². The number of ether oxygens (including phenoxy) is 6. The van der Waals surface area contributed by atoms with Crippen LogP contribution in [0.1, 0.15) is 27.9 Å². The van der Waals surface area contributed by atoms with E-state index in [2.05, 4.69) is 15.5 Å². The van der Waals surface area contributed by atoms with Crippen LogP contribution in [0.3, 0.4) is 0 Å². The van der Waals surface area contributed by atoms with Crippen molar-refractivity contribution in [3.8, 4) is 11.5 Å². The maximum Gasteiger partial charge on any atom is 0.360 e. The second kappa shape index (κ2) is 20.1. The molecule has 4 aromatic carbocycles. The van der Waals surface area contributed by atoms with Gasteiger partial charge < -0.3 is 43.7 Å². The molecule has 0 amide bonds. The van der Waals surface area contributed by atoms with Crippen LogP contribution in [0, 0.1) is 11.6 Å². The molecule has 15 heteroatoms. The average molecular weight is 764 g/mol. The summed E-state index contributed by atoms with van der Waals surface area (Å²) in [6.45, 7) is -0.745. The minimum absolute atomic E-state index is 0.0146. The van der Waals surface area contributed by atoms with Crippen LogP contribution in [-0.2, 0) is 40.7 Å². The summed E-state index contributed by atoms with van der Waals surface area (Å²) in [7, 11) is 2.97. The third kappa shape index (κ3) is 9.94. The second-order valence-electron chi connectivity index (χ2n) is 11.3. The van der Waals surface area contributed by atoms with Crippen molar-refractivity contribution < 1.29 is 51.9 Å². The van der Waals surface area contributed by atoms with Crippen molar-refractivity contribution in [2.24, 2.45) is 5.16 Å².